The molecule has 8 nitrogen and oxygen atoms in total. The van der Waals surface area contributed by atoms with Crippen LogP contribution in [0.15, 0.2) is 18.2 Å². The van der Waals surface area contributed by atoms with Gasteiger partial charge in [0.25, 0.3) is 11.6 Å². The van der Waals surface area contributed by atoms with Crippen LogP contribution in [0.4, 0.5) is 24.5 Å². The smallest absolute Gasteiger partial charge is 0.326 e. The molecule has 1 aliphatic rings. The molecule has 168 valence electrons. The van der Waals surface area contributed by atoms with E-state index >= 15 is 0 Å². The number of anilines is 2. The average Bonchev–Trinajstić information content (AvgIpc) is 3.31. The maximum Gasteiger partial charge on any atom is 0.453 e. The number of carbonyl (C=O) groups is 2. The van der Waals surface area contributed by atoms with Gasteiger partial charge in [-0.05, 0) is 38.5 Å². The van der Waals surface area contributed by atoms with E-state index in [-0.39, 0.29) is 18.1 Å². The van der Waals surface area contributed by atoms with E-state index in [2.05, 4.69) is 20.4 Å². The molecule has 1 aliphatic heterocycles. The van der Waals surface area contributed by atoms with Gasteiger partial charge in [-0.1, -0.05) is 11.6 Å². The number of nitrogens with zero attached hydrogens (tertiary/aromatic N) is 5. The van der Waals surface area contributed by atoms with Crippen molar-refractivity contribution in [1.82, 2.24) is 19.6 Å². The van der Waals surface area contributed by atoms with Gasteiger partial charge in [-0.2, -0.15) is 18.2 Å². The number of fused-ring (bicyclic) bond motifs is 1. The van der Waals surface area contributed by atoms with Crippen molar-refractivity contribution in [3.63, 3.8) is 0 Å². The van der Waals surface area contributed by atoms with E-state index in [1.54, 1.807) is 36.9 Å². The Morgan fingerprint density at radius 3 is 2.62 bits per heavy atom. The van der Waals surface area contributed by atoms with Crippen LogP contribution < -0.4 is 10.2 Å². The van der Waals surface area contributed by atoms with Crippen LogP contribution in [0.25, 0.3) is 5.78 Å². The van der Waals surface area contributed by atoms with Crippen molar-refractivity contribution in [1.29, 1.82) is 0 Å². The van der Waals surface area contributed by atoms with Crippen molar-refractivity contribution in [2.24, 2.45) is 0 Å². The number of benzene rings is 1. The Kier molecular flexibility index (Phi) is 5.53. The third kappa shape index (κ3) is 4.12. The first kappa shape index (κ1) is 22.0. The molecule has 1 N–H and O–H groups in total. The first-order valence-corrected chi connectivity index (χ1v) is 10.1. The van der Waals surface area contributed by atoms with Crippen molar-refractivity contribution >= 4 is 40.6 Å². The van der Waals surface area contributed by atoms with Crippen LogP contribution in [0.5, 0.6) is 0 Å². The Bertz CT molecular complexity index is 1240. The minimum atomic E-state index is -4.70. The molecule has 2 aromatic heterocycles. The summed E-state index contributed by atoms with van der Waals surface area (Å²) in [5.41, 5.74) is 2.18. The van der Waals surface area contributed by atoms with Crippen LogP contribution in [-0.4, -0.2) is 37.9 Å². The van der Waals surface area contributed by atoms with Crippen molar-refractivity contribution in [3.05, 3.63) is 46.0 Å². The van der Waals surface area contributed by atoms with Crippen molar-refractivity contribution < 1.29 is 22.8 Å². The number of nitrogens with one attached hydrogen (secondary N) is 1. The van der Waals surface area contributed by atoms with E-state index in [0.717, 1.165) is 10.9 Å². The SMILES string of the molecule is Cc1nc2nc(C(F)(F)F)nn2c(C)c1CC(=O)Nc1ccc(N2CCCC2=O)c(Cl)c1. The number of amides is 2. The number of halogens is 4. The molecule has 0 spiro atoms. The molecule has 3 heterocycles. The first-order valence-electron chi connectivity index (χ1n) is 9.74. The lowest BCUT2D eigenvalue weighted by atomic mass is 10.1. The Morgan fingerprint density at radius 1 is 1.25 bits per heavy atom. The molecule has 0 saturated carbocycles. The highest BCUT2D eigenvalue weighted by atomic mass is 35.5. The molecule has 12 heteroatoms. The van der Waals surface area contributed by atoms with Crippen LogP contribution in [0, 0.1) is 13.8 Å². The van der Waals surface area contributed by atoms with Gasteiger partial charge < -0.3 is 10.2 Å². The van der Waals surface area contributed by atoms with Gasteiger partial charge in [0.2, 0.25) is 11.8 Å². The number of hydrogen-bond acceptors (Lipinski definition) is 5. The van der Waals surface area contributed by atoms with E-state index in [0.29, 0.717) is 46.3 Å². The van der Waals surface area contributed by atoms with Crippen LogP contribution in [-0.2, 0) is 22.2 Å². The lowest BCUT2D eigenvalue weighted by Crippen LogP contribution is -2.24. The van der Waals surface area contributed by atoms with Crippen LogP contribution in [0.3, 0.4) is 0 Å². The van der Waals surface area contributed by atoms with Gasteiger partial charge in [-0.3, -0.25) is 9.59 Å². The molecule has 1 fully saturated rings. The van der Waals surface area contributed by atoms with Crippen LogP contribution in [0.2, 0.25) is 5.02 Å². The highest BCUT2D eigenvalue weighted by molar-refractivity contribution is 6.34. The summed E-state index contributed by atoms with van der Waals surface area (Å²) in [6, 6.07) is 4.85. The molecule has 1 saturated heterocycles. The Labute approximate surface area is 185 Å². The number of aromatic nitrogens is 4. The monoisotopic (exact) mass is 466 g/mol. The van der Waals surface area contributed by atoms with Gasteiger partial charge >= 0.3 is 6.18 Å². The number of hydrogen-bond donors (Lipinski definition) is 1. The fourth-order valence-corrected chi connectivity index (χ4v) is 3.94. The largest absolute Gasteiger partial charge is 0.453 e. The zero-order valence-electron chi connectivity index (χ0n) is 17.1. The second-order valence-corrected chi connectivity index (χ2v) is 7.85. The molecule has 0 atom stereocenters. The third-order valence-electron chi connectivity index (χ3n) is 5.24. The summed E-state index contributed by atoms with van der Waals surface area (Å²) in [4.78, 5) is 33.6. The fraction of sp³-hybridized carbons (Fsp3) is 0.350. The third-order valence-corrected chi connectivity index (χ3v) is 5.54. The Morgan fingerprint density at radius 2 is 2.00 bits per heavy atom. The standard InChI is InChI=1S/C20H18ClF3N6O2/c1-10-13(11(2)30-19(25-10)27-18(28-30)20(22,23)24)9-16(31)26-12-5-6-15(14(21)8-12)29-7-3-4-17(29)32/h5-6,8H,3-4,7,9H2,1-2H3,(H,26,31). The molecule has 3 aromatic rings. The molecule has 0 aliphatic carbocycles. The number of rotatable bonds is 4. The summed E-state index contributed by atoms with van der Waals surface area (Å²) in [6.07, 6.45) is -3.59. The summed E-state index contributed by atoms with van der Waals surface area (Å²) >= 11 is 6.31. The summed E-state index contributed by atoms with van der Waals surface area (Å²) in [6.45, 7) is 3.74. The van der Waals surface area contributed by atoms with E-state index < -0.39 is 17.9 Å². The highest BCUT2D eigenvalue weighted by Gasteiger charge is 2.37. The molecular weight excluding hydrogens is 449 g/mol. The maximum atomic E-state index is 12.9. The second-order valence-electron chi connectivity index (χ2n) is 7.45. The second kappa shape index (κ2) is 8.05. The molecule has 1 aromatic carbocycles. The summed E-state index contributed by atoms with van der Waals surface area (Å²) in [7, 11) is 0. The lowest BCUT2D eigenvalue weighted by Gasteiger charge is -2.18. The molecule has 32 heavy (non-hydrogen) atoms. The lowest BCUT2D eigenvalue weighted by molar-refractivity contribution is -0.144. The molecule has 0 unspecified atom stereocenters. The van der Waals surface area contributed by atoms with Gasteiger partial charge in [0.05, 0.1) is 17.1 Å². The summed E-state index contributed by atoms with van der Waals surface area (Å²) < 4.78 is 39.8. The van der Waals surface area contributed by atoms with Crippen molar-refractivity contribution in [3.8, 4) is 0 Å². The molecular formula is C20H18ClF3N6O2. The van der Waals surface area contributed by atoms with E-state index in [4.69, 9.17) is 11.6 Å². The minimum Gasteiger partial charge on any atom is -0.326 e. The fourth-order valence-electron chi connectivity index (χ4n) is 3.66. The number of carbonyl (C=O) groups excluding carboxylic acids is 2. The van der Waals surface area contributed by atoms with Crippen molar-refractivity contribution in [2.75, 3.05) is 16.8 Å². The predicted octanol–water partition coefficient (Wildman–Crippen LogP) is 3.72. The number of alkyl halides is 3. The quantitative estimate of drug-likeness (QED) is 0.632. The van der Waals surface area contributed by atoms with E-state index in [1.807, 2.05) is 0 Å². The average molecular weight is 467 g/mol. The molecule has 2 amide bonds. The van der Waals surface area contributed by atoms with Gasteiger partial charge in [0, 0.05) is 35.6 Å². The first-order chi connectivity index (χ1) is 15.0. The predicted molar refractivity (Wildman–Crippen MR) is 111 cm³/mol. The molecule has 0 radical (unpaired) electrons. The molecule has 0 bridgehead atoms. The number of aryl methyl sites for hydroxylation is 2. The topological polar surface area (TPSA) is 92.5 Å². The van der Waals surface area contributed by atoms with Crippen molar-refractivity contribution in [2.45, 2.75) is 39.3 Å². The van der Waals surface area contributed by atoms with Gasteiger partial charge in [0.15, 0.2) is 0 Å². The molecule has 4 rings (SSSR count). The highest BCUT2D eigenvalue weighted by Crippen LogP contribution is 2.32. The normalized spacial score (nSPS) is 14.4. The Hall–Kier alpha value is -3.21. The zero-order valence-corrected chi connectivity index (χ0v) is 17.9. The maximum absolute atomic E-state index is 12.9. The van der Waals surface area contributed by atoms with E-state index in [9.17, 15) is 22.8 Å². The summed E-state index contributed by atoms with van der Waals surface area (Å²) in [5.74, 6) is -1.88. The van der Waals surface area contributed by atoms with Crippen LogP contribution >= 0.6 is 11.6 Å². The van der Waals surface area contributed by atoms with Crippen LogP contribution in [0.1, 0.15) is 35.6 Å². The summed E-state index contributed by atoms with van der Waals surface area (Å²) in [5, 5.41) is 6.52. The minimum absolute atomic E-state index is 0.000630. The van der Waals surface area contributed by atoms with Gasteiger partial charge in [0.1, 0.15) is 0 Å². The van der Waals surface area contributed by atoms with Gasteiger partial charge in [-0.15, -0.1) is 5.10 Å². The van der Waals surface area contributed by atoms with E-state index in [1.165, 1.54) is 0 Å². The Balaban J connectivity index is 1.54. The van der Waals surface area contributed by atoms with Gasteiger partial charge in [-0.25, -0.2) is 9.50 Å². The zero-order chi connectivity index (χ0) is 23.2.